The Balaban J connectivity index is 0.000000186. The second-order valence-corrected chi connectivity index (χ2v) is 3.76. The van der Waals surface area contributed by atoms with Gasteiger partial charge in [0.1, 0.15) is 0 Å². The van der Waals surface area contributed by atoms with E-state index in [1.54, 1.807) is 24.7 Å². The summed E-state index contributed by atoms with van der Waals surface area (Å²) in [5.74, 6) is -0.301. The molecule has 3 rings (SSSR count). The van der Waals surface area contributed by atoms with Crippen molar-refractivity contribution < 1.29 is 9.53 Å². The van der Waals surface area contributed by atoms with E-state index in [-0.39, 0.29) is 5.97 Å². The topological polar surface area (TPSA) is 55.0 Å². The minimum Gasteiger partial charge on any atom is -0.465 e. The highest BCUT2D eigenvalue weighted by molar-refractivity contribution is 6.03. The lowest BCUT2D eigenvalue weighted by atomic mass is 10.1. The number of ether oxygens (including phenoxy) is 1. The van der Waals surface area contributed by atoms with Crippen LogP contribution in [-0.2, 0) is 4.74 Å². The number of hydrogen-bond acceptors (Lipinski definition) is 3. The number of fused-ring (bicyclic) bond motifs is 1. The number of H-pyrrole nitrogens is 1. The first-order valence-corrected chi connectivity index (χ1v) is 5.82. The zero-order valence-corrected chi connectivity index (χ0v) is 10.5. The number of nitrogens with one attached hydrogen (secondary N) is 1. The van der Waals surface area contributed by atoms with Gasteiger partial charge in [0.25, 0.3) is 0 Å². The molecule has 96 valence electrons. The molecule has 2 heterocycles. The van der Waals surface area contributed by atoms with Gasteiger partial charge in [-0.05, 0) is 30.3 Å². The molecule has 0 amide bonds. The molecule has 4 nitrogen and oxygen atoms in total. The summed E-state index contributed by atoms with van der Waals surface area (Å²) in [6, 6.07) is 13.1. The minimum atomic E-state index is -0.301. The largest absolute Gasteiger partial charge is 0.465 e. The predicted octanol–water partition coefficient (Wildman–Crippen LogP) is 3.04. The summed E-state index contributed by atoms with van der Waals surface area (Å²) in [6.07, 6.45) is 5.30. The Kier molecular flexibility index (Phi) is 4.29. The second kappa shape index (κ2) is 6.35. The van der Waals surface area contributed by atoms with E-state index in [4.69, 9.17) is 0 Å². The first-order valence-electron chi connectivity index (χ1n) is 5.82. The number of carbonyl (C=O) groups is 1. The predicted molar refractivity (Wildman–Crippen MR) is 73.9 cm³/mol. The lowest BCUT2D eigenvalue weighted by Crippen LogP contribution is -2.00. The van der Waals surface area contributed by atoms with Crippen molar-refractivity contribution in [2.45, 2.75) is 0 Å². The monoisotopic (exact) mass is 254 g/mol. The Bertz CT molecular complexity index is 621. The van der Waals surface area contributed by atoms with Crippen LogP contribution >= 0.6 is 0 Å². The highest BCUT2D eigenvalue weighted by Crippen LogP contribution is 2.17. The van der Waals surface area contributed by atoms with Crippen LogP contribution < -0.4 is 0 Å². The molecule has 0 aliphatic heterocycles. The van der Waals surface area contributed by atoms with Crippen LogP contribution in [0, 0.1) is 0 Å². The SMILES string of the molecule is COC(=O)c1cccc2[nH]ccc12.c1ccncc1. The molecule has 0 spiro atoms. The van der Waals surface area contributed by atoms with Crippen LogP contribution in [0.15, 0.2) is 61.1 Å². The van der Waals surface area contributed by atoms with Crippen molar-refractivity contribution in [3.8, 4) is 0 Å². The molecule has 0 bridgehead atoms. The van der Waals surface area contributed by atoms with Crippen LogP contribution in [-0.4, -0.2) is 23.0 Å². The third-order valence-corrected chi connectivity index (χ3v) is 2.57. The zero-order valence-electron chi connectivity index (χ0n) is 10.5. The van der Waals surface area contributed by atoms with E-state index in [1.807, 2.05) is 36.4 Å². The Labute approximate surface area is 111 Å². The maximum Gasteiger partial charge on any atom is 0.338 e. The molecule has 4 heteroatoms. The molecule has 0 radical (unpaired) electrons. The molecule has 19 heavy (non-hydrogen) atoms. The van der Waals surface area contributed by atoms with E-state index in [0.717, 1.165) is 10.9 Å². The molecular formula is C15H14N2O2. The quantitative estimate of drug-likeness (QED) is 0.679. The number of aromatic amines is 1. The van der Waals surface area contributed by atoms with Crippen LogP contribution in [0.3, 0.4) is 0 Å². The van der Waals surface area contributed by atoms with Crippen molar-refractivity contribution in [1.82, 2.24) is 9.97 Å². The van der Waals surface area contributed by atoms with Crippen LogP contribution in [0.5, 0.6) is 0 Å². The third kappa shape index (κ3) is 3.19. The lowest BCUT2D eigenvalue weighted by molar-refractivity contribution is 0.0603. The standard InChI is InChI=1S/C10H9NO2.C5H5N/c1-13-10(12)8-3-2-4-9-7(8)5-6-11-9;1-2-4-6-5-3-1/h2-6,11H,1H3;1-5H. The molecule has 2 aromatic heterocycles. The molecule has 0 aliphatic rings. The summed E-state index contributed by atoms with van der Waals surface area (Å²) >= 11 is 0. The van der Waals surface area contributed by atoms with Crippen molar-refractivity contribution in [2.75, 3.05) is 7.11 Å². The number of nitrogens with zero attached hydrogens (tertiary/aromatic N) is 1. The van der Waals surface area contributed by atoms with E-state index >= 15 is 0 Å². The maximum atomic E-state index is 11.3. The van der Waals surface area contributed by atoms with Crippen LogP contribution in [0.2, 0.25) is 0 Å². The van der Waals surface area contributed by atoms with Gasteiger partial charge in [-0.15, -0.1) is 0 Å². The summed E-state index contributed by atoms with van der Waals surface area (Å²) < 4.78 is 4.66. The Hall–Kier alpha value is -2.62. The van der Waals surface area contributed by atoms with Gasteiger partial charge >= 0.3 is 5.97 Å². The Morgan fingerprint density at radius 2 is 1.89 bits per heavy atom. The lowest BCUT2D eigenvalue weighted by Gasteiger charge is -1.99. The third-order valence-electron chi connectivity index (χ3n) is 2.57. The molecule has 3 aromatic rings. The fraction of sp³-hybridized carbons (Fsp3) is 0.0667. The molecule has 1 N–H and O–H groups in total. The van der Waals surface area contributed by atoms with Crippen LogP contribution in [0.25, 0.3) is 10.9 Å². The number of rotatable bonds is 1. The number of benzene rings is 1. The van der Waals surface area contributed by atoms with Gasteiger partial charge in [0.2, 0.25) is 0 Å². The number of aromatic nitrogens is 2. The highest BCUT2D eigenvalue weighted by atomic mass is 16.5. The van der Waals surface area contributed by atoms with Crippen molar-refractivity contribution >= 4 is 16.9 Å². The van der Waals surface area contributed by atoms with Gasteiger partial charge in [-0.25, -0.2) is 4.79 Å². The minimum absolute atomic E-state index is 0.301. The highest BCUT2D eigenvalue weighted by Gasteiger charge is 2.09. The fourth-order valence-electron chi connectivity index (χ4n) is 1.69. The van der Waals surface area contributed by atoms with Gasteiger partial charge in [0.05, 0.1) is 12.7 Å². The van der Waals surface area contributed by atoms with Gasteiger partial charge in [0, 0.05) is 29.5 Å². The van der Waals surface area contributed by atoms with Gasteiger partial charge < -0.3 is 9.72 Å². The average Bonchev–Trinajstić information content (AvgIpc) is 2.97. The molecule has 0 saturated heterocycles. The molecule has 0 unspecified atom stereocenters. The van der Waals surface area contributed by atoms with Gasteiger partial charge in [-0.3, -0.25) is 4.98 Å². The summed E-state index contributed by atoms with van der Waals surface area (Å²) in [7, 11) is 1.38. The maximum absolute atomic E-state index is 11.3. The van der Waals surface area contributed by atoms with E-state index < -0.39 is 0 Å². The van der Waals surface area contributed by atoms with Crippen molar-refractivity contribution in [1.29, 1.82) is 0 Å². The molecule has 1 aromatic carbocycles. The van der Waals surface area contributed by atoms with E-state index in [0.29, 0.717) is 5.56 Å². The average molecular weight is 254 g/mol. The van der Waals surface area contributed by atoms with Gasteiger partial charge in [0.15, 0.2) is 0 Å². The summed E-state index contributed by atoms with van der Waals surface area (Å²) in [5, 5.41) is 0.898. The number of hydrogen-bond donors (Lipinski definition) is 1. The van der Waals surface area contributed by atoms with E-state index in [1.165, 1.54) is 7.11 Å². The molecular weight excluding hydrogens is 240 g/mol. The number of pyridine rings is 1. The summed E-state index contributed by atoms with van der Waals surface area (Å²) in [5.41, 5.74) is 1.55. The normalized spacial score (nSPS) is 9.53. The van der Waals surface area contributed by atoms with Gasteiger partial charge in [-0.2, -0.15) is 0 Å². The smallest absolute Gasteiger partial charge is 0.338 e. The van der Waals surface area contributed by atoms with Gasteiger partial charge in [-0.1, -0.05) is 12.1 Å². The molecule has 0 saturated carbocycles. The number of carbonyl (C=O) groups excluding carboxylic acids is 1. The van der Waals surface area contributed by atoms with Crippen molar-refractivity contribution in [2.24, 2.45) is 0 Å². The van der Waals surface area contributed by atoms with Crippen LogP contribution in [0.1, 0.15) is 10.4 Å². The number of methoxy groups -OCH3 is 1. The fourth-order valence-corrected chi connectivity index (χ4v) is 1.69. The van der Waals surface area contributed by atoms with E-state index in [2.05, 4.69) is 14.7 Å². The molecule has 0 fully saturated rings. The molecule has 0 aliphatic carbocycles. The first kappa shape index (κ1) is 12.8. The molecule has 0 atom stereocenters. The van der Waals surface area contributed by atoms with Crippen molar-refractivity contribution in [3.63, 3.8) is 0 Å². The van der Waals surface area contributed by atoms with E-state index in [9.17, 15) is 4.79 Å². The van der Waals surface area contributed by atoms with Crippen molar-refractivity contribution in [3.05, 3.63) is 66.6 Å². The van der Waals surface area contributed by atoms with Crippen LogP contribution in [0.4, 0.5) is 0 Å². The zero-order chi connectivity index (χ0) is 13.5. The summed E-state index contributed by atoms with van der Waals surface area (Å²) in [4.78, 5) is 18.1. The Morgan fingerprint density at radius 3 is 2.47 bits per heavy atom. The second-order valence-electron chi connectivity index (χ2n) is 3.76. The Morgan fingerprint density at radius 1 is 1.11 bits per heavy atom. The number of esters is 1. The first-order chi connectivity index (χ1) is 9.33. The summed E-state index contributed by atoms with van der Waals surface area (Å²) in [6.45, 7) is 0.